The van der Waals surface area contributed by atoms with Gasteiger partial charge < -0.3 is 0 Å². The maximum absolute atomic E-state index is 3.88. The topological polar surface area (TPSA) is 30.7 Å². The number of hydrogen-bond acceptors (Lipinski definition) is 2. The van der Waals surface area contributed by atoms with Gasteiger partial charge in [0.2, 0.25) is 0 Å². The predicted molar refractivity (Wildman–Crippen MR) is 41.9 cm³/mol. The summed E-state index contributed by atoms with van der Waals surface area (Å²) in [4.78, 5) is 0. The summed E-state index contributed by atoms with van der Waals surface area (Å²) < 4.78 is 1.57. The second kappa shape index (κ2) is 2.05. The Kier molecular flexibility index (Phi) is 1.20. The van der Waals surface area contributed by atoms with Gasteiger partial charge >= 0.3 is 0 Å². The van der Waals surface area contributed by atoms with Gasteiger partial charge in [0.25, 0.3) is 0 Å². The summed E-state index contributed by atoms with van der Waals surface area (Å²) in [6.45, 7) is 0. The summed E-state index contributed by atoms with van der Waals surface area (Å²) in [6, 6.07) is 7.75. The quantitative estimate of drug-likeness (QED) is 0.643. The van der Waals surface area contributed by atoms with Crippen molar-refractivity contribution in [3.63, 3.8) is 0 Å². The fraction of sp³-hybridized carbons (Fsp3) is 0. The van der Waals surface area contributed by atoms with Crippen molar-refractivity contribution < 1.29 is 0 Å². The number of fused-ring (bicyclic) bond motifs is 1. The van der Waals surface area contributed by atoms with Crippen LogP contribution in [0, 0.1) is 0 Å². The molecule has 0 atom stereocenters. The lowest BCUT2D eigenvalue weighted by atomic mass is 10.3. The van der Waals surface area contributed by atoms with Crippen LogP contribution in [0.5, 0.6) is 0 Å². The zero-order valence-corrected chi connectivity index (χ0v) is 6.62. The molecule has 4 heteroatoms. The van der Waals surface area contributed by atoms with E-state index in [4.69, 9.17) is 0 Å². The van der Waals surface area contributed by atoms with Crippen LogP contribution >= 0.6 is 16.1 Å². The Hall–Kier alpha value is -0.900. The number of halogens is 1. The first-order valence-electron chi connectivity index (χ1n) is 2.84. The standard InChI is InChI=1S/C6H4BrN3/c7-10-6-4-2-1-3-5(6)8-9-10/h1-4H. The van der Waals surface area contributed by atoms with Crippen molar-refractivity contribution in [1.29, 1.82) is 0 Å². The maximum Gasteiger partial charge on any atom is 0.114 e. The molecule has 0 radical (unpaired) electrons. The molecule has 0 spiro atoms. The first-order chi connectivity index (χ1) is 4.88. The van der Waals surface area contributed by atoms with Crippen LogP contribution < -0.4 is 0 Å². The molecule has 0 amide bonds. The van der Waals surface area contributed by atoms with Crippen molar-refractivity contribution in [2.45, 2.75) is 0 Å². The van der Waals surface area contributed by atoms with Crippen LogP contribution in [-0.2, 0) is 0 Å². The van der Waals surface area contributed by atoms with Gasteiger partial charge in [-0.3, -0.25) is 0 Å². The Morgan fingerprint density at radius 1 is 1.30 bits per heavy atom. The zero-order chi connectivity index (χ0) is 6.97. The molecule has 0 saturated heterocycles. The van der Waals surface area contributed by atoms with Crippen molar-refractivity contribution in [1.82, 2.24) is 14.0 Å². The summed E-state index contributed by atoms with van der Waals surface area (Å²) in [5.41, 5.74) is 1.89. The third kappa shape index (κ3) is 0.724. The number of rotatable bonds is 0. The highest BCUT2D eigenvalue weighted by atomic mass is 79.9. The Morgan fingerprint density at radius 2 is 2.10 bits per heavy atom. The average Bonchev–Trinajstić information content (AvgIpc) is 2.34. The van der Waals surface area contributed by atoms with Crippen molar-refractivity contribution in [3.05, 3.63) is 24.3 Å². The van der Waals surface area contributed by atoms with Crippen LogP contribution in [0.25, 0.3) is 11.0 Å². The molecule has 0 bridgehead atoms. The van der Waals surface area contributed by atoms with E-state index >= 15 is 0 Å². The van der Waals surface area contributed by atoms with Crippen LogP contribution in [-0.4, -0.2) is 14.0 Å². The Morgan fingerprint density at radius 3 is 2.90 bits per heavy atom. The smallest absolute Gasteiger partial charge is 0.114 e. The van der Waals surface area contributed by atoms with Gasteiger partial charge in [-0.15, -0.1) is 5.10 Å². The van der Waals surface area contributed by atoms with E-state index in [9.17, 15) is 0 Å². The van der Waals surface area contributed by atoms with E-state index in [0.717, 1.165) is 11.0 Å². The molecule has 2 aromatic rings. The van der Waals surface area contributed by atoms with Gasteiger partial charge in [-0.1, -0.05) is 17.3 Å². The number of para-hydroxylation sites is 1. The van der Waals surface area contributed by atoms with Gasteiger partial charge in [0.15, 0.2) is 0 Å². The molecule has 0 aliphatic heterocycles. The first kappa shape index (κ1) is 5.85. The Balaban J connectivity index is 2.93. The lowest BCUT2D eigenvalue weighted by molar-refractivity contribution is 0.924. The molecular weight excluding hydrogens is 194 g/mol. The molecular formula is C6H4BrN3. The van der Waals surface area contributed by atoms with Gasteiger partial charge in [-0.25, -0.2) is 0 Å². The second-order valence-electron chi connectivity index (χ2n) is 1.94. The molecule has 0 aliphatic carbocycles. The summed E-state index contributed by atoms with van der Waals surface area (Å²) in [5, 5.41) is 7.66. The monoisotopic (exact) mass is 197 g/mol. The van der Waals surface area contributed by atoms with E-state index in [2.05, 4.69) is 26.5 Å². The molecule has 2 rings (SSSR count). The predicted octanol–water partition coefficient (Wildman–Crippen LogP) is 1.59. The number of benzene rings is 1. The van der Waals surface area contributed by atoms with Crippen molar-refractivity contribution >= 4 is 27.2 Å². The minimum Gasteiger partial charge on any atom is -0.177 e. The van der Waals surface area contributed by atoms with E-state index in [-0.39, 0.29) is 0 Å². The summed E-state index contributed by atoms with van der Waals surface area (Å²) in [5.74, 6) is 0. The second-order valence-corrected chi connectivity index (χ2v) is 2.61. The average molecular weight is 198 g/mol. The third-order valence-corrected chi connectivity index (χ3v) is 1.84. The van der Waals surface area contributed by atoms with Crippen molar-refractivity contribution in [2.75, 3.05) is 0 Å². The van der Waals surface area contributed by atoms with E-state index in [1.54, 1.807) is 3.71 Å². The minimum atomic E-state index is 0.902. The van der Waals surface area contributed by atoms with Crippen LogP contribution in [0.2, 0.25) is 0 Å². The van der Waals surface area contributed by atoms with Crippen LogP contribution in [0.1, 0.15) is 0 Å². The molecule has 0 saturated carbocycles. The van der Waals surface area contributed by atoms with E-state index in [1.165, 1.54) is 0 Å². The molecule has 0 fully saturated rings. The largest absolute Gasteiger partial charge is 0.177 e. The molecule has 1 aromatic heterocycles. The van der Waals surface area contributed by atoms with Crippen molar-refractivity contribution in [3.8, 4) is 0 Å². The Labute approximate surface area is 66.0 Å². The van der Waals surface area contributed by atoms with Crippen LogP contribution in [0.3, 0.4) is 0 Å². The third-order valence-electron chi connectivity index (χ3n) is 1.31. The maximum atomic E-state index is 3.88. The normalized spacial score (nSPS) is 10.5. The van der Waals surface area contributed by atoms with E-state index in [1.807, 2.05) is 24.3 Å². The minimum absolute atomic E-state index is 0.902. The molecule has 0 unspecified atom stereocenters. The van der Waals surface area contributed by atoms with Crippen molar-refractivity contribution in [2.24, 2.45) is 0 Å². The van der Waals surface area contributed by atoms with Crippen LogP contribution in [0.4, 0.5) is 0 Å². The van der Waals surface area contributed by atoms with Gasteiger partial charge in [0, 0.05) is 0 Å². The SMILES string of the molecule is Brn1nnc2ccccc21. The molecule has 3 nitrogen and oxygen atoms in total. The molecule has 10 heavy (non-hydrogen) atoms. The molecule has 0 aliphatic rings. The lowest BCUT2D eigenvalue weighted by Crippen LogP contribution is -1.78. The Bertz CT molecular complexity index is 355. The fourth-order valence-electron chi connectivity index (χ4n) is 0.840. The molecule has 1 heterocycles. The molecule has 1 aromatic carbocycles. The molecule has 50 valence electrons. The summed E-state index contributed by atoms with van der Waals surface area (Å²) in [6.07, 6.45) is 0. The highest BCUT2D eigenvalue weighted by molar-refractivity contribution is 9.08. The van der Waals surface area contributed by atoms with Gasteiger partial charge in [-0.2, -0.15) is 3.71 Å². The first-order valence-corrected chi connectivity index (χ1v) is 3.55. The lowest BCUT2D eigenvalue weighted by Gasteiger charge is -1.84. The fourth-order valence-corrected chi connectivity index (χ4v) is 1.21. The number of hydrogen-bond donors (Lipinski definition) is 0. The summed E-state index contributed by atoms with van der Waals surface area (Å²) >= 11 is 3.21. The van der Waals surface area contributed by atoms with Gasteiger partial charge in [0.05, 0.1) is 16.1 Å². The number of aromatic nitrogens is 3. The summed E-state index contributed by atoms with van der Waals surface area (Å²) in [7, 11) is 0. The van der Waals surface area contributed by atoms with E-state index < -0.39 is 0 Å². The zero-order valence-electron chi connectivity index (χ0n) is 5.03. The van der Waals surface area contributed by atoms with Gasteiger partial charge in [-0.05, 0) is 12.1 Å². The highest BCUT2D eigenvalue weighted by Gasteiger charge is 1.97. The van der Waals surface area contributed by atoms with E-state index in [0.29, 0.717) is 0 Å². The molecule has 0 N–H and O–H groups in total. The van der Waals surface area contributed by atoms with Crippen LogP contribution in [0.15, 0.2) is 24.3 Å². The van der Waals surface area contributed by atoms with Gasteiger partial charge in [0.1, 0.15) is 11.0 Å². The highest BCUT2D eigenvalue weighted by Crippen LogP contribution is 2.10. The number of nitrogens with zero attached hydrogens (tertiary/aromatic N) is 3.